The van der Waals surface area contributed by atoms with E-state index in [2.05, 4.69) is 10.3 Å². The lowest BCUT2D eigenvalue weighted by Gasteiger charge is -2.16. The summed E-state index contributed by atoms with van der Waals surface area (Å²) in [6.45, 7) is 0. The molecular weight excluding hydrogens is 273 g/mol. The molecule has 2 aliphatic rings. The van der Waals surface area contributed by atoms with Crippen LogP contribution in [0, 0.1) is 17.5 Å². The number of benzene rings is 1. The van der Waals surface area contributed by atoms with Gasteiger partial charge in [-0.25, -0.2) is 13.2 Å². The minimum absolute atomic E-state index is 0.00409. The maximum absolute atomic E-state index is 13.1. The Kier molecular flexibility index (Phi) is 3.20. The third kappa shape index (κ3) is 2.45. The first kappa shape index (κ1) is 12.8. The number of amidine groups is 1. The van der Waals surface area contributed by atoms with Crippen molar-refractivity contribution in [3.63, 3.8) is 0 Å². The highest BCUT2D eigenvalue weighted by Crippen LogP contribution is 2.41. The zero-order valence-electron chi connectivity index (χ0n) is 10.2. The van der Waals surface area contributed by atoms with Crippen LogP contribution in [0.25, 0.3) is 0 Å². The quantitative estimate of drug-likeness (QED) is 0.791. The fourth-order valence-electron chi connectivity index (χ4n) is 2.59. The molecule has 0 amide bonds. The number of halogens is 3. The molecule has 3 rings (SSSR count). The second-order valence-electron chi connectivity index (χ2n) is 5.02. The van der Waals surface area contributed by atoms with Crippen LogP contribution < -0.4 is 5.32 Å². The minimum Gasteiger partial charge on any atom is -0.335 e. The predicted molar refractivity (Wildman–Crippen MR) is 71.0 cm³/mol. The Labute approximate surface area is 113 Å². The summed E-state index contributed by atoms with van der Waals surface area (Å²) in [7, 11) is 0. The van der Waals surface area contributed by atoms with Gasteiger partial charge in [0.1, 0.15) is 0 Å². The fraction of sp³-hybridized carbons (Fsp3) is 0.462. The first-order chi connectivity index (χ1) is 9.08. The lowest BCUT2D eigenvalue weighted by molar-refractivity contribution is 0.448. The molecule has 0 bridgehead atoms. The standard InChI is InChI=1S/C13H13F3N2S/c14-9-5-8(6-10(15)11(9)16)17-12-18-13(7-19-12)3-1-2-4-13/h5-6H,1-4,7H2,(H,17,18). The van der Waals surface area contributed by atoms with Crippen LogP contribution in [0.4, 0.5) is 18.9 Å². The van der Waals surface area contributed by atoms with Crippen LogP contribution in [0.2, 0.25) is 0 Å². The van der Waals surface area contributed by atoms with E-state index >= 15 is 0 Å². The van der Waals surface area contributed by atoms with Crippen LogP contribution in [0.5, 0.6) is 0 Å². The van der Waals surface area contributed by atoms with E-state index in [1.165, 1.54) is 12.8 Å². The molecule has 1 spiro atoms. The van der Waals surface area contributed by atoms with Gasteiger partial charge in [-0.15, -0.1) is 0 Å². The highest BCUT2D eigenvalue weighted by molar-refractivity contribution is 8.14. The van der Waals surface area contributed by atoms with Crippen LogP contribution in [0.15, 0.2) is 17.1 Å². The van der Waals surface area contributed by atoms with Crippen molar-refractivity contribution in [2.24, 2.45) is 4.99 Å². The van der Waals surface area contributed by atoms with Crippen molar-refractivity contribution in [2.75, 3.05) is 11.1 Å². The van der Waals surface area contributed by atoms with E-state index in [4.69, 9.17) is 0 Å². The summed E-state index contributed by atoms with van der Waals surface area (Å²) in [5.74, 6) is -2.93. The van der Waals surface area contributed by atoms with Crippen LogP contribution in [0.1, 0.15) is 25.7 Å². The molecule has 0 unspecified atom stereocenters. The molecule has 1 aromatic carbocycles. The van der Waals surface area contributed by atoms with E-state index in [0.29, 0.717) is 5.17 Å². The van der Waals surface area contributed by atoms with Crippen molar-refractivity contribution in [2.45, 2.75) is 31.2 Å². The summed E-state index contributed by atoms with van der Waals surface area (Å²) in [6.07, 6.45) is 4.49. The SMILES string of the molecule is Fc1cc(NC2=NC3(CCCC3)CS2)cc(F)c1F. The maximum atomic E-state index is 13.1. The Morgan fingerprint density at radius 3 is 2.37 bits per heavy atom. The molecule has 1 aliphatic carbocycles. The molecule has 1 aliphatic heterocycles. The molecule has 102 valence electrons. The Morgan fingerprint density at radius 1 is 1.11 bits per heavy atom. The van der Waals surface area contributed by atoms with E-state index in [-0.39, 0.29) is 11.2 Å². The van der Waals surface area contributed by atoms with Crippen molar-refractivity contribution < 1.29 is 13.2 Å². The lowest BCUT2D eigenvalue weighted by atomic mass is 10.0. The lowest BCUT2D eigenvalue weighted by Crippen LogP contribution is -2.21. The van der Waals surface area contributed by atoms with E-state index in [0.717, 1.165) is 30.7 Å². The normalized spacial score (nSPS) is 20.9. The van der Waals surface area contributed by atoms with E-state index < -0.39 is 17.5 Å². The first-order valence-electron chi connectivity index (χ1n) is 6.22. The van der Waals surface area contributed by atoms with Crippen LogP contribution in [-0.4, -0.2) is 16.5 Å². The number of thioether (sulfide) groups is 1. The topological polar surface area (TPSA) is 24.4 Å². The zero-order chi connectivity index (χ0) is 13.5. The van der Waals surface area contributed by atoms with Gasteiger partial charge >= 0.3 is 0 Å². The van der Waals surface area contributed by atoms with Crippen molar-refractivity contribution >= 4 is 22.6 Å². The van der Waals surface area contributed by atoms with Gasteiger partial charge in [0.05, 0.1) is 5.54 Å². The van der Waals surface area contributed by atoms with Crippen LogP contribution >= 0.6 is 11.8 Å². The first-order valence-corrected chi connectivity index (χ1v) is 7.21. The second-order valence-corrected chi connectivity index (χ2v) is 5.98. The molecule has 1 heterocycles. The average molecular weight is 286 g/mol. The molecule has 0 radical (unpaired) electrons. The van der Waals surface area contributed by atoms with E-state index in [1.54, 1.807) is 11.8 Å². The predicted octanol–water partition coefficient (Wildman–Crippen LogP) is 3.93. The number of hydrogen-bond donors (Lipinski definition) is 1. The van der Waals surface area contributed by atoms with Gasteiger partial charge in [-0.2, -0.15) is 0 Å². The molecular formula is C13H13F3N2S. The van der Waals surface area contributed by atoms with Crippen molar-refractivity contribution in [3.8, 4) is 0 Å². The number of aliphatic imine (C=N–C) groups is 1. The third-order valence-electron chi connectivity index (χ3n) is 3.59. The molecule has 0 aromatic heterocycles. The van der Waals surface area contributed by atoms with Gasteiger partial charge < -0.3 is 5.32 Å². The molecule has 1 fully saturated rings. The number of anilines is 1. The van der Waals surface area contributed by atoms with Gasteiger partial charge in [-0.1, -0.05) is 24.6 Å². The zero-order valence-corrected chi connectivity index (χ0v) is 11.0. The largest absolute Gasteiger partial charge is 0.335 e. The van der Waals surface area contributed by atoms with Crippen LogP contribution in [-0.2, 0) is 0 Å². The van der Waals surface area contributed by atoms with E-state index in [1.807, 2.05) is 0 Å². The summed E-state index contributed by atoms with van der Waals surface area (Å²) in [5, 5.41) is 3.53. The van der Waals surface area contributed by atoms with E-state index in [9.17, 15) is 13.2 Å². The highest BCUT2D eigenvalue weighted by atomic mass is 32.2. The Morgan fingerprint density at radius 2 is 1.74 bits per heavy atom. The minimum atomic E-state index is -1.45. The smallest absolute Gasteiger partial charge is 0.194 e. The number of nitrogens with one attached hydrogen (secondary N) is 1. The van der Waals surface area contributed by atoms with Gasteiger partial charge in [0.25, 0.3) is 0 Å². The molecule has 1 saturated carbocycles. The monoisotopic (exact) mass is 286 g/mol. The van der Waals surface area contributed by atoms with Crippen molar-refractivity contribution in [1.82, 2.24) is 0 Å². The van der Waals surface area contributed by atoms with Crippen molar-refractivity contribution in [3.05, 3.63) is 29.6 Å². The summed E-state index contributed by atoms with van der Waals surface area (Å²) in [6, 6.07) is 1.89. The van der Waals surface area contributed by atoms with Gasteiger partial charge in [0.15, 0.2) is 22.6 Å². The number of nitrogens with zero attached hydrogens (tertiary/aromatic N) is 1. The Hall–Kier alpha value is -1.17. The molecule has 0 atom stereocenters. The number of hydrogen-bond acceptors (Lipinski definition) is 3. The molecule has 6 heteroatoms. The van der Waals surface area contributed by atoms with Crippen molar-refractivity contribution in [1.29, 1.82) is 0 Å². The highest BCUT2D eigenvalue weighted by Gasteiger charge is 2.38. The number of rotatable bonds is 1. The third-order valence-corrected chi connectivity index (χ3v) is 4.73. The molecule has 0 saturated heterocycles. The average Bonchev–Trinajstić information content (AvgIpc) is 2.97. The Balaban J connectivity index is 1.79. The molecule has 2 nitrogen and oxygen atoms in total. The molecule has 19 heavy (non-hydrogen) atoms. The summed E-state index contributed by atoms with van der Waals surface area (Å²) in [4.78, 5) is 4.63. The molecule has 1 aromatic rings. The summed E-state index contributed by atoms with van der Waals surface area (Å²) < 4.78 is 39.1. The second kappa shape index (κ2) is 4.74. The van der Waals surface area contributed by atoms with Gasteiger partial charge in [-0.3, -0.25) is 4.99 Å². The molecule has 1 N–H and O–H groups in total. The van der Waals surface area contributed by atoms with Crippen LogP contribution in [0.3, 0.4) is 0 Å². The van der Waals surface area contributed by atoms with Gasteiger partial charge in [0.2, 0.25) is 0 Å². The summed E-state index contributed by atoms with van der Waals surface area (Å²) in [5.41, 5.74) is 0.196. The van der Waals surface area contributed by atoms with Gasteiger partial charge in [0, 0.05) is 23.6 Å². The van der Waals surface area contributed by atoms with Gasteiger partial charge in [-0.05, 0) is 12.8 Å². The summed E-state index contributed by atoms with van der Waals surface area (Å²) >= 11 is 1.55. The fourth-order valence-corrected chi connectivity index (χ4v) is 3.79. The maximum Gasteiger partial charge on any atom is 0.194 e. The Bertz CT molecular complexity index is 516.